The van der Waals surface area contributed by atoms with Gasteiger partial charge in [0.15, 0.2) is 17.1 Å². The van der Waals surface area contributed by atoms with E-state index in [-0.39, 0.29) is 17.0 Å². The molecule has 3 heterocycles. The smallest absolute Gasteiger partial charge is 0.382 e. The van der Waals surface area contributed by atoms with Crippen molar-refractivity contribution in [3.63, 3.8) is 0 Å². The highest BCUT2D eigenvalue weighted by molar-refractivity contribution is 7.66. The maximum Gasteiger partial charge on any atom is 0.490 e. The highest BCUT2D eigenvalue weighted by atomic mass is 31.3. The maximum absolute atomic E-state index is 16.1. The van der Waals surface area contributed by atoms with Gasteiger partial charge in [0.25, 0.3) is 0 Å². The molecule has 1 saturated heterocycles. The van der Waals surface area contributed by atoms with Crippen molar-refractivity contribution in [3.8, 4) is 6.07 Å². The summed E-state index contributed by atoms with van der Waals surface area (Å²) in [5, 5.41) is 24.6. The molecule has 7 N–H and O–H groups in total. The van der Waals surface area contributed by atoms with E-state index >= 15 is 4.39 Å². The number of ether oxygens (including phenoxy) is 1. The normalized spacial score (nSPS) is 36.4. The summed E-state index contributed by atoms with van der Waals surface area (Å²) in [4.78, 5) is 39.8. The van der Waals surface area contributed by atoms with Crippen LogP contribution in [0.4, 0.5) is 10.2 Å². The Morgan fingerprint density at radius 1 is 1.24 bits per heavy atom. The minimum atomic E-state index is -5.85. The number of hydrogen-bond donors (Lipinski definition) is 6. The molecular formula is C13H15FN5O12P3. The van der Waals surface area contributed by atoms with Crippen LogP contribution >= 0.6 is 23.5 Å². The summed E-state index contributed by atoms with van der Waals surface area (Å²) in [6.45, 7) is 0.751. The monoisotopic (exact) mass is 545 g/mol. The predicted octanol–water partition coefficient (Wildman–Crippen LogP) is -0.386. The summed E-state index contributed by atoms with van der Waals surface area (Å²) in [6, 6.07) is 4.23. The van der Waals surface area contributed by atoms with Crippen molar-refractivity contribution >= 4 is 34.8 Å². The summed E-state index contributed by atoms with van der Waals surface area (Å²) in [5.74, 6) is -0.0118. The van der Waals surface area contributed by atoms with E-state index in [1.54, 1.807) is 6.07 Å². The number of fused-ring (bicyclic) bond motifs is 2. The molecule has 0 spiro atoms. The zero-order valence-corrected chi connectivity index (χ0v) is 19.2. The van der Waals surface area contributed by atoms with Gasteiger partial charge in [-0.3, -0.25) is 4.52 Å². The van der Waals surface area contributed by atoms with Gasteiger partial charge in [-0.05, 0) is 19.1 Å². The van der Waals surface area contributed by atoms with Gasteiger partial charge in [-0.25, -0.2) is 27.6 Å². The van der Waals surface area contributed by atoms with Crippen LogP contribution in [-0.4, -0.2) is 62.8 Å². The molecule has 0 aromatic carbocycles. The lowest BCUT2D eigenvalue weighted by molar-refractivity contribution is -0.125. The van der Waals surface area contributed by atoms with Crippen molar-refractivity contribution in [2.24, 2.45) is 0 Å². The number of rotatable bonds is 7. The van der Waals surface area contributed by atoms with Crippen molar-refractivity contribution in [1.29, 1.82) is 5.26 Å². The fraction of sp³-hybridized carbons (Fsp3) is 0.462. The topological polar surface area (TPSA) is 269 Å². The lowest BCUT2D eigenvalue weighted by Crippen LogP contribution is -2.54. The molecule has 2 aliphatic rings. The molecule has 34 heavy (non-hydrogen) atoms. The molecule has 0 bridgehead atoms. The standard InChI is InChI=1S/C13H15FN5O12P3/c1-11(14)12(4-15,7-3-2-6-10(16)17-5-18-19(6)7)28-8-9(13(8,11)20)29-33(24,25)31-34(26,27)30-32(21,22)23/h2-3,5,8-9,20H,1H3,(H,24,25)(H,26,27)(H2,16,17,18)(H2,21,22,23). The molecule has 0 radical (unpaired) electrons. The molecule has 1 aliphatic heterocycles. The van der Waals surface area contributed by atoms with E-state index in [2.05, 4.69) is 23.2 Å². The fourth-order valence-electron chi connectivity index (χ4n) is 3.87. The number of phosphoric ester groups is 1. The molecule has 17 nitrogen and oxygen atoms in total. The number of nitrogen functional groups attached to an aromatic ring is 1. The van der Waals surface area contributed by atoms with Crippen molar-refractivity contribution in [3.05, 3.63) is 24.2 Å². The number of aromatic nitrogens is 3. The van der Waals surface area contributed by atoms with Crippen molar-refractivity contribution in [1.82, 2.24) is 14.6 Å². The lowest BCUT2D eigenvalue weighted by atomic mass is 9.80. The minimum absolute atomic E-state index is 0.0118. The number of aliphatic hydroxyl groups is 1. The van der Waals surface area contributed by atoms with Crippen LogP contribution in [0, 0.1) is 11.3 Å². The van der Waals surface area contributed by atoms with Gasteiger partial charge >= 0.3 is 23.5 Å². The lowest BCUT2D eigenvalue weighted by Gasteiger charge is -2.36. The molecule has 2 aromatic heterocycles. The molecule has 2 fully saturated rings. The molecule has 1 saturated carbocycles. The summed E-state index contributed by atoms with van der Waals surface area (Å²) in [6.07, 6.45) is -2.76. The van der Waals surface area contributed by atoms with Crippen LogP contribution in [0.2, 0.25) is 0 Å². The second-order valence-electron chi connectivity index (χ2n) is 7.44. The first-order valence-electron chi connectivity index (χ1n) is 8.82. The zero-order chi connectivity index (χ0) is 25.5. The Labute approximate surface area is 187 Å². The molecule has 0 amide bonds. The molecule has 2 aromatic rings. The molecule has 186 valence electrons. The van der Waals surface area contributed by atoms with Gasteiger partial charge in [0.1, 0.15) is 30.1 Å². The Balaban J connectivity index is 1.62. The predicted molar refractivity (Wildman–Crippen MR) is 103 cm³/mol. The van der Waals surface area contributed by atoms with Crippen LogP contribution in [-0.2, 0) is 37.2 Å². The van der Waals surface area contributed by atoms with Crippen LogP contribution < -0.4 is 5.73 Å². The van der Waals surface area contributed by atoms with Crippen LogP contribution in [0.1, 0.15) is 12.6 Å². The summed E-state index contributed by atoms with van der Waals surface area (Å²) >= 11 is 0. The quantitative estimate of drug-likeness (QED) is 0.242. The van der Waals surface area contributed by atoms with Crippen LogP contribution in [0.3, 0.4) is 0 Å². The molecule has 21 heteroatoms. The second-order valence-corrected chi connectivity index (χ2v) is 11.8. The molecule has 7 atom stereocenters. The molecule has 4 rings (SSSR count). The zero-order valence-electron chi connectivity index (χ0n) is 16.6. The highest BCUT2D eigenvalue weighted by Crippen LogP contribution is 2.72. The first kappa shape index (κ1) is 25.3. The van der Waals surface area contributed by atoms with Gasteiger partial charge in [-0.1, -0.05) is 0 Å². The van der Waals surface area contributed by atoms with E-state index in [1.165, 1.54) is 12.1 Å². The first-order chi connectivity index (χ1) is 15.4. The third kappa shape index (κ3) is 3.62. The Morgan fingerprint density at radius 2 is 1.88 bits per heavy atom. The number of nitrogens with zero attached hydrogens (tertiary/aromatic N) is 4. The third-order valence-corrected chi connectivity index (χ3v) is 9.23. The van der Waals surface area contributed by atoms with Crippen molar-refractivity contribution < 1.29 is 60.6 Å². The van der Waals surface area contributed by atoms with Gasteiger partial charge in [0, 0.05) is 0 Å². The summed E-state index contributed by atoms with van der Waals surface area (Å²) < 4.78 is 68.5. The molecular weight excluding hydrogens is 530 g/mol. The van der Waals surface area contributed by atoms with E-state index in [0.29, 0.717) is 0 Å². The van der Waals surface area contributed by atoms with E-state index in [1.807, 2.05) is 0 Å². The number of phosphoric acid groups is 3. The minimum Gasteiger partial charge on any atom is -0.382 e. The average Bonchev–Trinajstić information content (AvgIpc) is 2.97. The highest BCUT2D eigenvalue weighted by Gasteiger charge is 2.90. The molecule has 7 unspecified atom stereocenters. The summed E-state index contributed by atoms with van der Waals surface area (Å²) in [7, 11) is -17.2. The Morgan fingerprint density at radius 3 is 2.41 bits per heavy atom. The van der Waals surface area contributed by atoms with E-state index < -0.39 is 52.5 Å². The molecule has 1 aliphatic carbocycles. The van der Waals surface area contributed by atoms with Gasteiger partial charge in [0.2, 0.25) is 5.60 Å². The maximum atomic E-state index is 16.1. The van der Waals surface area contributed by atoms with E-state index in [4.69, 9.17) is 20.3 Å². The van der Waals surface area contributed by atoms with Crippen LogP contribution in [0.25, 0.3) is 5.52 Å². The second kappa shape index (κ2) is 7.34. The van der Waals surface area contributed by atoms with Gasteiger partial charge in [-0.2, -0.15) is 19.0 Å². The number of halogens is 1. The van der Waals surface area contributed by atoms with Crippen LogP contribution in [0.15, 0.2) is 18.5 Å². The largest absolute Gasteiger partial charge is 0.490 e. The number of anilines is 1. The Hall–Kier alpha value is -1.83. The van der Waals surface area contributed by atoms with Crippen LogP contribution in [0.5, 0.6) is 0 Å². The Kier molecular flexibility index (Phi) is 5.46. The number of alkyl halides is 1. The average molecular weight is 545 g/mol. The third-order valence-electron chi connectivity index (χ3n) is 5.41. The van der Waals surface area contributed by atoms with Gasteiger partial charge in [-0.15, -0.1) is 0 Å². The SMILES string of the molecule is CC1(F)C(C#N)(c2ccc3c(N)ncnn23)OC2C(OP(=O)(O)OP(=O)(O)OP(=O)(O)O)C21O. The summed E-state index contributed by atoms with van der Waals surface area (Å²) in [5.41, 5.74) is -2.63. The number of hydrogen-bond acceptors (Lipinski definition) is 12. The fourth-order valence-corrected chi connectivity index (χ4v) is 7.09. The van der Waals surface area contributed by atoms with Gasteiger partial charge in [0.05, 0.1) is 5.69 Å². The van der Waals surface area contributed by atoms with Crippen molar-refractivity contribution in [2.75, 3.05) is 5.73 Å². The number of nitriles is 1. The number of nitrogens with two attached hydrogens (primary N) is 1. The van der Waals surface area contributed by atoms with E-state index in [0.717, 1.165) is 17.8 Å². The van der Waals surface area contributed by atoms with E-state index in [9.17, 15) is 33.9 Å². The Bertz CT molecular complexity index is 1370. The van der Waals surface area contributed by atoms with Gasteiger partial charge < -0.3 is 35.2 Å². The first-order valence-corrected chi connectivity index (χ1v) is 13.3. The van der Waals surface area contributed by atoms with Crippen molar-refractivity contribution in [2.45, 2.75) is 36.0 Å².